The highest BCUT2D eigenvalue weighted by Gasteiger charge is 2.46. The van der Waals surface area contributed by atoms with E-state index in [0.717, 1.165) is 16.7 Å². The Balaban J connectivity index is 3.74. The van der Waals surface area contributed by atoms with Crippen LogP contribution in [0.3, 0.4) is 0 Å². The van der Waals surface area contributed by atoms with Crippen LogP contribution in [0.2, 0.25) is 0 Å². The lowest BCUT2D eigenvalue weighted by Crippen LogP contribution is -2.31. The SMILES string of the molecule is CCO[P+](O)(O)c1c(CN)cc(C(C)(C)C)cc1C(C)(C)C. The third-order valence-corrected chi connectivity index (χ3v) is 5.41. The fraction of sp³-hybridized carbons (Fsp3) is 0.647. The molecule has 22 heavy (non-hydrogen) atoms. The van der Waals surface area contributed by atoms with E-state index < -0.39 is 7.94 Å². The molecule has 4 nitrogen and oxygen atoms in total. The summed E-state index contributed by atoms with van der Waals surface area (Å²) in [5.74, 6) is 0. The van der Waals surface area contributed by atoms with Crippen LogP contribution in [0.15, 0.2) is 12.1 Å². The maximum atomic E-state index is 10.5. The summed E-state index contributed by atoms with van der Waals surface area (Å²) in [7, 11) is -3.64. The Kier molecular flexibility index (Phi) is 5.81. The summed E-state index contributed by atoms with van der Waals surface area (Å²) in [4.78, 5) is 21.0. The molecule has 0 unspecified atom stereocenters. The fourth-order valence-corrected chi connectivity index (χ4v) is 4.18. The van der Waals surface area contributed by atoms with Crippen molar-refractivity contribution in [2.45, 2.75) is 65.8 Å². The van der Waals surface area contributed by atoms with Crippen molar-refractivity contribution in [2.75, 3.05) is 6.61 Å². The second kappa shape index (κ2) is 6.54. The maximum Gasteiger partial charge on any atom is 0.444 e. The van der Waals surface area contributed by atoms with Crippen LogP contribution in [-0.4, -0.2) is 16.4 Å². The standard InChI is InChI=1S/C17H31NO3P/c1-8-21-22(19,20)15-12(11-18)9-13(16(2,3)4)10-14(15)17(5,6)7/h9-10,19-20H,8,11,18H2,1-7H3/q+1. The van der Waals surface area contributed by atoms with E-state index in [-0.39, 0.29) is 24.0 Å². The van der Waals surface area contributed by atoms with Crippen molar-refractivity contribution in [1.82, 2.24) is 0 Å². The number of hydrogen-bond acceptors (Lipinski definition) is 4. The van der Waals surface area contributed by atoms with E-state index >= 15 is 0 Å². The molecule has 1 rings (SSSR count). The highest BCUT2D eigenvalue weighted by atomic mass is 31.2. The van der Waals surface area contributed by atoms with Crippen LogP contribution < -0.4 is 11.0 Å². The molecule has 0 aromatic heterocycles. The molecular formula is C17H31NO3P+. The van der Waals surface area contributed by atoms with Crippen molar-refractivity contribution in [3.8, 4) is 0 Å². The zero-order valence-corrected chi connectivity index (χ0v) is 15.8. The largest absolute Gasteiger partial charge is 0.444 e. The molecule has 0 saturated heterocycles. The Morgan fingerprint density at radius 3 is 1.95 bits per heavy atom. The molecule has 0 amide bonds. The molecule has 4 N–H and O–H groups in total. The van der Waals surface area contributed by atoms with Crippen LogP contribution in [0.1, 0.15) is 65.2 Å². The van der Waals surface area contributed by atoms with Crippen LogP contribution in [0, 0.1) is 0 Å². The molecule has 0 fully saturated rings. The molecule has 1 aromatic carbocycles. The minimum atomic E-state index is -3.64. The fourth-order valence-electron chi connectivity index (χ4n) is 2.44. The molecule has 0 bridgehead atoms. The van der Waals surface area contributed by atoms with Gasteiger partial charge in [-0.25, -0.2) is 0 Å². The van der Waals surface area contributed by atoms with Crippen molar-refractivity contribution in [2.24, 2.45) is 5.73 Å². The van der Waals surface area contributed by atoms with E-state index in [9.17, 15) is 9.79 Å². The Morgan fingerprint density at radius 1 is 1.05 bits per heavy atom. The van der Waals surface area contributed by atoms with E-state index in [2.05, 4.69) is 47.6 Å². The van der Waals surface area contributed by atoms with Gasteiger partial charge in [0.05, 0.1) is 6.61 Å². The van der Waals surface area contributed by atoms with Crippen LogP contribution in [0.4, 0.5) is 0 Å². The van der Waals surface area contributed by atoms with Gasteiger partial charge in [-0.15, -0.1) is 0 Å². The zero-order valence-electron chi connectivity index (χ0n) is 14.9. The molecule has 0 aliphatic carbocycles. The molecule has 0 spiro atoms. The van der Waals surface area contributed by atoms with Crippen molar-refractivity contribution in [3.63, 3.8) is 0 Å². The van der Waals surface area contributed by atoms with Crippen LogP contribution in [0.25, 0.3) is 0 Å². The highest BCUT2D eigenvalue weighted by Crippen LogP contribution is 2.53. The lowest BCUT2D eigenvalue weighted by molar-refractivity contribution is 0.252. The summed E-state index contributed by atoms with van der Waals surface area (Å²) >= 11 is 0. The van der Waals surface area contributed by atoms with E-state index in [1.54, 1.807) is 6.92 Å². The normalized spacial score (nSPS) is 13.5. The van der Waals surface area contributed by atoms with Crippen LogP contribution >= 0.6 is 7.94 Å². The summed E-state index contributed by atoms with van der Waals surface area (Å²) in [6.45, 7) is 14.8. The third kappa shape index (κ3) is 4.27. The molecule has 0 atom stereocenters. The van der Waals surface area contributed by atoms with Gasteiger partial charge in [-0.05, 0) is 29.4 Å². The average Bonchev–Trinajstić information content (AvgIpc) is 2.34. The van der Waals surface area contributed by atoms with E-state index in [1.165, 1.54) is 0 Å². The summed E-state index contributed by atoms with van der Waals surface area (Å²) in [6.07, 6.45) is 0. The predicted molar refractivity (Wildman–Crippen MR) is 94.4 cm³/mol. The summed E-state index contributed by atoms with van der Waals surface area (Å²) in [5, 5.41) is 0.484. The lowest BCUT2D eigenvalue weighted by Gasteiger charge is -2.29. The Morgan fingerprint density at radius 2 is 1.59 bits per heavy atom. The molecule has 0 radical (unpaired) electrons. The molecule has 0 aliphatic heterocycles. The summed E-state index contributed by atoms with van der Waals surface area (Å²) in [5.41, 5.74) is 8.41. The monoisotopic (exact) mass is 328 g/mol. The molecule has 0 saturated carbocycles. The first kappa shape index (κ1) is 19.5. The van der Waals surface area contributed by atoms with Gasteiger partial charge in [-0.2, -0.15) is 14.3 Å². The van der Waals surface area contributed by atoms with Crippen molar-refractivity contribution in [3.05, 3.63) is 28.8 Å². The topological polar surface area (TPSA) is 75.7 Å². The molecule has 5 heteroatoms. The smallest absolute Gasteiger partial charge is 0.326 e. The van der Waals surface area contributed by atoms with Crippen molar-refractivity contribution >= 4 is 13.2 Å². The van der Waals surface area contributed by atoms with Gasteiger partial charge in [0.15, 0.2) is 5.30 Å². The number of nitrogens with two attached hydrogens (primary N) is 1. The zero-order chi connectivity index (χ0) is 17.3. The van der Waals surface area contributed by atoms with Gasteiger partial charge in [0, 0.05) is 17.7 Å². The van der Waals surface area contributed by atoms with Gasteiger partial charge in [0.2, 0.25) is 0 Å². The first-order valence-electron chi connectivity index (χ1n) is 7.72. The molecule has 0 aliphatic rings. The average molecular weight is 328 g/mol. The molecule has 0 heterocycles. The van der Waals surface area contributed by atoms with Gasteiger partial charge in [-0.3, -0.25) is 0 Å². The van der Waals surface area contributed by atoms with E-state index in [4.69, 9.17) is 10.3 Å². The molecule has 1 aromatic rings. The van der Waals surface area contributed by atoms with Crippen molar-refractivity contribution < 1.29 is 14.3 Å². The van der Waals surface area contributed by atoms with Crippen LogP contribution in [-0.2, 0) is 21.9 Å². The van der Waals surface area contributed by atoms with E-state index in [0.29, 0.717) is 5.30 Å². The van der Waals surface area contributed by atoms with Gasteiger partial charge >= 0.3 is 7.94 Å². The van der Waals surface area contributed by atoms with Crippen molar-refractivity contribution in [1.29, 1.82) is 0 Å². The Bertz CT molecular complexity index is 528. The van der Waals surface area contributed by atoms with Gasteiger partial charge in [-0.1, -0.05) is 47.6 Å². The second-order valence-electron chi connectivity index (χ2n) is 7.70. The van der Waals surface area contributed by atoms with Gasteiger partial charge in [0.25, 0.3) is 0 Å². The number of hydrogen-bond donors (Lipinski definition) is 3. The second-order valence-corrected chi connectivity index (χ2v) is 9.49. The Hall–Kier alpha value is -0.510. The van der Waals surface area contributed by atoms with Gasteiger partial charge < -0.3 is 5.73 Å². The summed E-state index contributed by atoms with van der Waals surface area (Å²) in [6, 6.07) is 4.04. The van der Waals surface area contributed by atoms with Crippen LogP contribution in [0.5, 0.6) is 0 Å². The minimum absolute atomic E-state index is 0.0416. The predicted octanol–water partition coefficient (Wildman–Crippen LogP) is 3.15. The van der Waals surface area contributed by atoms with E-state index in [1.807, 2.05) is 6.07 Å². The number of rotatable bonds is 4. The first-order chi connectivity index (χ1) is 9.84. The molecule has 126 valence electrons. The quantitative estimate of drug-likeness (QED) is 0.742. The molecular weight excluding hydrogens is 297 g/mol. The van der Waals surface area contributed by atoms with Gasteiger partial charge in [0.1, 0.15) is 0 Å². The lowest BCUT2D eigenvalue weighted by atomic mass is 9.79. The maximum absolute atomic E-state index is 10.5. The number of benzene rings is 1. The third-order valence-electron chi connectivity index (χ3n) is 3.68. The summed E-state index contributed by atoms with van der Waals surface area (Å²) < 4.78 is 5.29. The Labute approximate surface area is 135 Å². The highest BCUT2D eigenvalue weighted by molar-refractivity contribution is 7.67. The first-order valence-corrected chi connectivity index (χ1v) is 9.33. The minimum Gasteiger partial charge on any atom is -0.326 e.